The zero-order valence-electron chi connectivity index (χ0n) is 14.1. The lowest BCUT2D eigenvalue weighted by Gasteiger charge is -2.04. The zero-order valence-corrected chi connectivity index (χ0v) is 14.9. The van der Waals surface area contributed by atoms with E-state index in [0.29, 0.717) is 11.6 Å². The summed E-state index contributed by atoms with van der Waals surface area (Å²) in [5, 5.41) is 8.17. The molecule has 1 aromatic rings. The molecular weight excluding hydrogens is 310 g/mol. The summed E-state index contributed by atoms with van der Waals surface area (Å²) in [6.45, 7) is 2.36. The number of rotatable bonds is 13. The maximum absolute atomic E-state index is 11.6. The van der Waals surface area contributed by atoms with Crippen LogP contribution in [0.2, 0.25) is 0 Å². The molecule has 0 radical (unpaired) electrons. The number of hydrogen-bond donors (Lipinski definition) is 2. The number of nitrogens with zero attached hydrogens (tertiary/aromatic N) is 1. The Balaban J connectivity index is 1.79. The van der Waals surface area contributed by atoms with Crippen molar-refractivity contribution in [2.75, 3.05) is 11.9 Å². The summed E-state index contributed by atoms with van der Waals surface area (Å²) in [4.78, 5) is 26.4. The summed E-state index contributed by atoms with van der Waals surface area (Å²) in [6.07, 6.45) is 12.9. The number of amides is 2. The number of hydrogen-bond acceptors (Lipinski definition) is 4. The number of nitrogens with one attached hydrogen (secondary N) is 2. The Kier molecular flexibility index (Phi) is 11.1. The van der Waals surface area contributed by atoms with Crippen LogP contribution in [0, 0.1) is 0 Å². The SMILES string of the molecule is CC(=O)NCCCCCCCCCCCC(=O)Nc1nccs1. The second kappa shape index (κ2) is 13.0. The lowest BCUT2D eigenvalue weighted by Crippen LogP contribution is -2.20. The molecule has 2 amide bonds. The molecule has 0 unspecified atom stereocenters. The van der Waals surface area contributed by atoms with Crippen molar-refractivity contribution in [1.29, 1.82) is 0 Å². The Morgan fingerprint density at radius 2 is 1.61 bits per heavy atom. The molecule has 0 bridgehead atoms. The summed E-state index contributed by atoms with van der Waals surface area (Å²) in [7, 11) is 0. The van der Waals surface area contributed by atoms with E-state index in [4.69, 9.17) is 0 Å². The highest BCUT2D eigenvalue weighted by Gasteiger charge is 2.03. The highest BCUT2D eigenvalue weighted by molar-refractivity contribution is 7.13. The first kappa shape index (κ1) is 19.6. The second-order valence-corrected chi connectivity index (χ2v) is 6.69. The molecule has 0 spiro atoms. The Hall–Kier alpha value is -1.43. The van der Waals surface area contributed by atoms with Gasteiger partial charge in [0, 0.05) is 31.5 Å². The van der Waals surface area contributed by atoms with Gasteiger partial charge in [0.1, 0.15) is 0 Å². The third-order valence-electron chi connectivity index (χ3n) is 3.63. The minimum atomic E-state index is 0.0605. The van der Waals surface area contributed by atoms with E-state index in [-0.39, 0.29) is 11.8 Å². The van der Waals surface area contributed by atoms with Gasteiger partial charge in [-0.2, -0.15) is 0 Å². The van der Waals surface area contributed by atoms with Crippen molar-refractivity contribution in [2.24, 2.45) is 0 Å². The smallest absolute Gasteiger partial charge is 0.226 e. The van der Waals surface area contributed by atoms with Gasteiger partial charge in [-0.15, -0.1) is 11.3 Å². The second-order valence-electron chi connectivity index (χ2n) is 5.80. The van der Waals surface area contributed by atoms with E-state index in [2.05, 4.69) is 15.6 Å². The summed E-state index contributed by atoms with van der Waals surface area (Å²) in [6, 6.07) is 0. The van der Waals surface area contributed by atoms with E-state index in [1.807, 2.05) is 5.38 Å². The molecule has 2 N–H and O–H groups in total. The first-order valence-corrected chi connectivity index (χ1v) is 9.50. The van der Waals surface area contributed by atoms with Crippen molar-refractivity contribution in [3.63, 3.8) is 0 Å². The largest absolute Gasteiger partial charge is 0.356 e. The van der Waals surface area contributed by atoms with Crippen LogP contribution in [0.1, 0.15) is 71.1 Å². The lowest BCUT2D eigenvalue weighted by atomic mass is 10.1. The van der Waals surface area contributed by atoms with Crippen molar-refractivity contribution >= 4 is 28.3 Å². The molecule has 0 aliphatic rings. The molecule has 1 aromatic heterocycles. The van der Waals surface area contributed by atoms with Gasteiger partial charge in [0.2, 0.25) is 11.8 Å². The van der Waals surface area contributed by atoms with Crippen LogP contribution < -0.4 is 10.6 Å². The van der Waals surface area contributed by atoms with Crippen molar-refractivity contribution in [2.45, 2.75) is 71.1 Å². The van der Waals surface area contributed by atoms with Gasteiger partial charge in [0.05, 0.1) is 0 Å². The van der Waals surface area contributed by atoms with Crippen molar-refractivity contribution in [3.05, 3.63) is 11.6 Å². The van der Waals surface area contributed by atoms with Gasteiger partial charge >= 0.3 is 0 Å². The number of anilines is 1. The standard InChI is InChI=1S/C17H29N3O2S/c1-15(21)18-12-10-8-6-4-2-3-5-7-9-11-16(22)20-17-19-13-14-23-17/h13-14H,2-12H2,1H3,(H,18,21)(H,19,20,22). The van der Waals surface area contributed by atoms with Crippen LogP contribution >= 0.6 is 11.3 Å². The Labute approximate surface area is 143 Å². The van der Waals surface area contributed by atoms with Gasteiger partial charge < -0.3 is 10.6 Å². The first-order valence-electron chi connectivity index (χ1n) is 8.62. The average Bonchev–Trinajstić information content (AvgIpc) is 3.01. The molecule has 23 heavy (non-hydrogen) atoms. The fourth-order valence-electron chi connectivity index (χ4n) is 2.38. The van der Waals surface area contributed by atoms with Crippen LogP contribution in [0.25, 0.3) is 0 Å². The van der Waals surface area contributed by atoms with Crippen LogP contribution in [0.3, 0.4) is 0 Å². The molecule has 0 saturated carbocycles. The van der Waals surface area contributed by atoms with E-state index in [1.165, 1.54) is 49.9 Å². The molecule has 1 heterocycles. The summed E-state index contributed by atoms with van der Waals surface area (Å²) in [5.74, 6) is 0.129. The maximum Gasteiger partial charge on any atom is 0.226 e. The molecule has 6 heteroatoms. The van der Waals surface area contributed by atoms with Crippen LogP contribution in [-0.2, 0) is 9.59 Å². The number of aromatic nitrogens is 1. The zero-order chi connectivity index (χ0) is 16.8. The number of unbranched alkanes of at least 4 members (excludes halogenated alkanes) is 8. The van der Waals surface area contributed by atoms with E-state index >= 15 is 0 Å². The molecular formula is C17H29N3O2S. The van der Waals surface area contributed by atoms with Crippen molar-refractivity contribution in [3.8, 4) is 0 Å². The average molecular weight is 340 g/mol. The van der Waals surface area contributed by atoms with Gasteiger partial charge in [-0.25, -0.2) is 4.98 Å². The first-order chi connectivity index (χ1) is 11.2. The van der Waals surface area contributed by atoms with E-state index in [1.54, 1.807) is 13.1 Å². The van der Waals surface area contributed by atoms with Gasteiger partial charge in [-0.05, 0) is 12.8 Å². The molecule has 1 rings (SSSR count). The molecule has 0 fully saturated rings. The Bertz CT molecular complexity index is 435. The molecule has 0 aliphatic carbocycles. The molecule has 0 aromatic carbocycles. The third kappa shape index (κ3) is 11.8. The highest BCUT2D eigenvalue weighted by atomic mass is 32.1. The van der Waals surface area contributed by atoms with Gasteiger partial charge in [-0.3, -0.25) is 9.59 Å². The minimum Gasteiger partial charge on any atom is -0.356 e. The van der Waals surface area contributed by atoms with Crippen LogP contribution in [-0.4, -0.2) is 23.3 Å². The summed E-state index contributed by atoms with van der Waals surface area (Å²) < 4.78 is 0. The van der Waals surface area contributed by atoms with Crippen molar-refractivity contribution < 1.29 is 9.59 Å². The van der Waals surface area contributed by atoms with Crippen LogP contribution in [0.4, 0.5) is 5.13 Å². The summed E-state index contributed by atoms with van der Waals surface area (Å²) in [5.41, 5.74) is 0. The van der Waals surface area contributed by atoms with E-state index in [0.717, 1.165) is 25.8 Å². The van der Waals surface area contributed by atoms with Gasteiger partial charge in [0.15, 0.2) is 5.13 Å². The van der Waals surface area contributed by atoms with Crippen molar-refractivity contribution in [1.82, 2.24) is 10.3 Å². The number of carbonyl (C=O) groups excluding carboxylic acids is 2. The minimum absolute atomic E-state index is 0.0605. The number of thiazole rings is 1. The molecule has 0 aliphatic heterocycles. The topological polar surface area (TPSA) is 71.1 Å². The maximum atomic E-state index is 11.6. The Morgan fingerprint density at radius 1 is 1.00 bits per heavy atom. The van der Waals surface area contributed by atoms with Crippen LogP contribution in [0.5, 0.6) is 0 Å². The summed E-state index contributed by atoms with van der Waals surface area (Å²) >= 11 is 1.45. The molecule has 5 nitrogen and oxygen atoms in total. The van der Waals surface area contributed by atoms with E-state index < -0.39 is 0 Å². The number of carbonyl (C=O) groups is 2. The molecule has 130 valence electrons. The Morgan fingerprint density at radius 3 is 2.17 bits per heavy atom. The molecule has 0 saturated heterocycles. The predicted molar refractivity (Wildman–Crippen MR) is 95.6 cm³/mol. The van der Waals surface area contributed by atoms with Gasteiger partial charge in [-0.1, -0.05) is 44.9 Å². The van der Waals surface area contributed by atoms with Gasteiger partial charge in [0.25, 0.3) is 0 Å². The third-order valence-corrected chi connectivity index (χ3v) is 4.32. The fraction of sp³-hybridized carbons (Fsp3) is 0.706. The van der Waals surface area contributed by atoms with E-state index in [9.17, 15) is 9.59 Å². The fourth-order valence-corrected chi connectivity index (χ4v) is 2.92. The highest BCUT2D eigenvalue weighted by Crippen LogP contribution is 2.13. The normalized spacial score (nSPS) is 10.5. The predicted octanol–water partition coefficient (Wildman–Crippen LogP) is 4.12. The monoisotopic (exact) mass is 339 g/mol. The lowest BCUT2D eigenvalue weighted by molar-refractivity contribution is -0.119. The quantitative estimate of drug-likeness (QED) is 0.531. The van der Waals surface area contributed by atoms with Crippen LogP contribution in [0.15, 0.2) is 11.6 Å². The molecule has 0 atom stereocenters.